The second-order valence-electron chi connectivity index (χ2n) is 4.60. The number of nitrogens with zero attached hydrogens (tertiary/aromatic N) is 4. The predicted molar refractivity (Wildman–Crippen MR) is 74.4 cm³/mol. The minimum atomic E-state index is 0.0328. The van der Waals surface area contributed by atoms with Gasteiger partial charge in [0, 0.05) is 19.3 Å². The van der Waals surface area contributed by atoms with Crippen molar-refractivity contribution in [2.24, 2.45) is 7.05 Å². The number of imidazole rings is 1. The minimum Gasteiger partial charge on any atom is -0.340 e. The van der Waals surface area contributed by atoms with Crippen LogP contribution in [0.2, 0.25) is 0 Å². The van der Waals surface area contributed by atoms with E-state index in [0.29, 0.717) is 6.04 Å². The second-order valence-corrected chi connectivity index (χ2v) is 5.46. The molecule has 2 aromatic rings. The van der Waals surface area contributed by atoms with Gasteiger partial charge in [-0.3, -0.25) is 4.68 Å². The molecular formula is C12H18BrN5. The van der Waals surface area contributed by atoms with Crippen molar-refractivity contribution in [1.29, 1.82) is 0 Å². The third kappa shape index (κ3) is 2.35. The van der Waals surface area contributed by atoms with Crippen molar-refractivity contribution < 1.29 is 0 Å². The number of halogens is 1. The van der Waals surface area contributed by atoms with Gasteiger partial charge in [0.25, 0.3) is 0 Å². The van der Waals surface area contributed by atoms with Gasteiger partial charge in [0.05, 0.1) is 34.4 Å². The fourth-order valence-electron chi connectivity index (χ4n) is 2.04. The maximum Gasteiger partial charge on any atom is 0.0947 e. The highest BCUT2D eigenvalue weighted by molar-refractivity contribution is 9.10. The van der Waals surface area contributed by atoms with Gasteiger partial charge in [-0.15, -0.1) is 0 Å². The lowest BCUT2D eigenvalue weighted by Gasteiger charge is -2.19. The molecule has 0 spiro atoms. The highest BCUT2D eigenvalue weighted by Crippen LogP contribution is 2.29. The third-order valence-electron chi connectivity index (χ3n) is 2.86. The van der Waals surface area contributed by atoms with Gasteiger partial charge in [-0.2, -0.15) is 5.10 Å². The number of hydrogen-bond donors (Lipinski definition) is 1. The van der Waals surface area contributed by atoms with Crippen LogP contribution in [0.1, 0.15) is 37.3 Å². The first kappa shape index (κ1) is 13.3. The molecule has 0 saturated carbocycles. The van der Waals surface area contributed by atoms with Gasteiger partial charge in [-0.1, -0.05) is 0 Å². The number of aryl methyl sites for hydroxylation is 1. The first-order valence-electron chi connectivity index (χ1n) is 5.92. The number of aromatic nitrogens is 4. The summed E-state index contributed by atoms with van der Waals surface area (Å²) in [5.41, 5.74) is 2.09. The molecule has 2 heterocycles. The zero-order valence-corrected chi connectivity index (χ0v) is 12.6. The Morgan fingerprint density at radius 2 is 2.11 bits per heavy atom. The molecule has 98 valence electrons. The van der Waals surface area contributed by atoms with Crippen molar-refractivity contribution in [3.63, 3.8) is 0 Å². The SMILES string of the molecule is CNC(c1cn(C)cn1)c1c(Br)cnn1C(C)C. The molecule has 5 nitrogen and oxygen atoms in total. The Hall–Kier alpha value is -1.14. The quantitative estimate of drug-likeness (QED) is 0.942. The Balaban J connectivity index is 2.47. The van der Waals surface area contributed by atoms with Crippen LogP contribution in [-0.4, -0.2) is 26.4 Å². The highest BCUT2D eigenvalue weighted by Gasteiger charge is 2.23. The van der Waals surface area contributed by atoms with Crippen LogP contribution in [0, 0.1) is 0 Å². The van der Waals surface area contributed by atoms with E-state index < -0.39 is 0 Å². The molecule has 0 aliphatic carbocycles. The van der Waals surface area contributed by atoms with Gasteiger partial charge in [0.15, 0.2) is 0 Å². The maximum absolute atomic E-state index is 4.42. The molecule has 2 rings (SSSR count). The van der Waals surface area contributed by atoms with Crippen LogP contribution < -0.4 is 5.32 Å². The summed E-state index contributed by atoms with van der Waals surface area (Å²) in [5.74, 6) is 0. The van der Waals surface area contributed by atoms with Crippen LogP contribution >= 0.6 is 15.9 Å². The molecule has 6 heteroatoms. The molecule has 1 N–H and O–H groups in total. The maximum atomic E-state index is 4.42. The zero-order chi connectivity index (χ0) is 13.3. The first-order chi connectivity index (χ1) is 8.54. The van der Waals surface area contributed by atoms with Crippen LogP contribution in [-0.2, 0) is 7.05 Å². The molecule has 0 radical (unpaired) electrons. The number of rotatable bonds is 4. The molecule has 0 aliphatic heterocycles. The van der Waals surface area contributed by atoms with Crippen molar-refractivity contribution in [2.75, 3.05) is 7.05 Å². The minimum absolute atomic E-state index is 0.0328. The van der Waals surface area contributed by atoms with Crippen LogP contribution in [0.3, 0.4) is 0 Å². The van der Waals surface area contributed by atoms with Gasteiger partial charge in [-0.25, -0.2) is 4.98 Å². The Morgan fingerprint density at radius 3 is 2.61 bits per heavy atom. The van der Waals surface area contributed by atoms with Crippen LogP contribution in [0.15, 0.2) is 23.2 Å². The summed E-state index contributed by atoms with van der Waals surface area (Å²) in [4.78, 5) is 4.42. The third-order valence-corrected chi connectivity index (χ3v) is 3.47. The molecule has 0 fully saturated rings. The zero-order valence-electron chi connectivity index (χ0n) is 11.1. The molecule has 2 aromatic heterocycles. The van der Waals surface area contributed by atoms with E-state index in [2.05, 4.69) is 45.2 Å². The Bertz CT molecular complexity index is 528. The van der Waals surface area contributed by atoms with Gasteiger partial charge in [-0.05, 0) is 36.8 Å². The Morgan fingerprint density at radius 1 is 1.39 bits per heavy atom. The van der Waals surface area contributed by atoms with E-state index in [1.54, 1.807) is 0 Å². The van der Waals surface area contributed by atoms with Gasteiger partial charge in [0.2, 0.25) is 0 Å². The topological polar surface area (TPSA) is 47.7 Å². The van der Waals surface area contributed by atoms with Crippen molar-refractivity contribution in [2.45, 2.75) is 25.9 Å². The molecule has 0 aliphatic rings. The molecule has 1 atom stereocenters. The van der Waals surface area contributed by atoms with E-state index in [9.17, 15) is 0 Å². The fourth-order valence-corrected chi connectivity index (χ4v) is 2.54. The average molecular weight is 312 g/mol. The number of nitrogens with one attached hydrogen (secondary N) is 1. The molecular weight excluding hydrogens is 294 g/mol. The Labute approximate surface area is 115 Å². The summed E-state index contributed by atoms with van der Waals surface area (Å²) in [6.45, 7) is 4.24. The van der Waals surface area contributed by atoms with Gasteiger partial charge >= 0.3 is 0 Å². The van der Waals surface area contributed by atoms with E-state index in [0.717, 1.165) is 15.9 Å². The molecule has 18 heavy (non-hydrogen) atoms. The fraction of sp³-hybridized carbons (Fsp3) is 0.500. The summed E-state index contributed by atoms with van der Waals surface area (Å²) in [6, 6.07) is 0.344. The largest absolute Gasteiger partial charge is 0.340 e. The summed E-state index contributed by atoms with van der Waals surface area (Å²) < 4.78 is 4.96. The normalized spacial score (nSPS) is 13.2. The molecule has 0 amide bonds. The summed E-state index contributed by atoms with van der Waals surface area (Å²) >= 11 is 3.57. The van der Waals surface area contributed by atoms with E-state index in [4.69, 9.17) is 0 Å². The van der Waals surface area contributed by atoms with E-state index >= 15 is 0 Å². The van der Waals surface area contributed by atoms with Crippen molar-refractivity contribution in [1.82, 2.24) is 24.6 Å². The molecule has 0 saturated heterocycles. The summed E-state index contributed by atoms with van der Waals surface area (Å²) in [5, 5.41) is 7.72. The first-order valence-corrected chi connectivity index (χ1v) is 6.72. The van der Waals surface area contributed by atoms with Crippen molar-refractivity contribution in [3.8, 4) is 0 Å². The van der Waals surface area contributed by atoms with Crippen molar-refractivity contribution >= 4 is 15.9 Å². The lowest BCUT2D eigenvalue weighted by atomic mass is 10.1. The van der Waals surface area contributed by atoms with Gasteiger partial charge < -0.3 is 9.88 Å². The second kappa shape index (κ2) is 5.24. The highest BCUT2D eigenvalue weighted by atomic mass is 79.9. The summed E-state index contributed by atoms with van der Waals surface area (Å²) in [7, 11) is 3.90. The van der Waals surface area contributed by atoms with E-state index in [1.807, 2.05) is 42.1 Å². The monoisotopic (exact) mass is 311 g/mol. The predicted octanol–water partition coefficient (Wildman–Crippen LogP) is 2.27. The van der Waals surface area contributed by atoms with Crippen LogP contribution in [0.4, 0.5) is 0 Å². The summed E-state index contributed by atoms with van der Waals surface area (Å²) in [6.07, 6.45) is 5.66. The van der Waals surface area contributed by atoms with E-state index in [-0.39, 0.29) is 6.04 Å². The number of hydrogen-bond acceptors (Lipinski definition) is 3. The van der Waals surface area contributed by atoms with Gasteiger partial charge in [0.1, 0.15) is 0 Å². The lowest BCUT2D eigenvalue weighted by Crippen LogP contribution is -2.23. The standard InChI is InChI=1S/C12H18BrN5/c1-8(2)18-12(9(13)5-16-18)11(14-3)10-6-17(4)7-15-10/h5-8,11,14H,1-4H3. The smallest absolute Gasteiger partial charge is 0.0947 e. The van der Waals surface area contributed by atoms with Crippen LogP contribution in [0.25, 0.3) is 0 Å². The molecule has 0 bridgehead atoms. The lowest BCUT2D eigenvalue weighted by molar-refractivity contribution is 0.480. The Kier molecular flexibility index (Phi) is 3.87. The van der Waals surface area contributed by atoms with Crippen LogP contribution in [0.5, 0.6) is 0 Å². The average Bonchev–Trinajstić information content (AvgIpc) is 2.88. The molecule has 0 aromatic carbocycles. The van der Waals surface area contributed by atoms with Crippen molar-refractivity contribution in [3.05, 3.63) is 34.6 Å². The molecule has 1 unspecified atom stereocenters. The van der Waals surface area contributed by atoms with E-state index in [1.165, 1.54) is 0 Å².